The molecule has 43 heavy (non-hydrogen) atoms. The summed E-state index contributed by atoms with van der Waals surface area (Å²) in [6.45, 7) is 10.6. The summed E-state index contributed by atoms with van der Waals surface area (Å²) in [4.78, 5) is 35.5. The second-order valence-corrected chi connectivity index (χ2v) is 10.6. The van der Waals surface area contributed by atoms with Gasteiger partial charge in [0.15, 0.2) is 0 Å². The summed E-state index contributed by atoms with van der Waals surface area (Å²) in [5, 5.41) is 5.61. The predicted octanol–water partition coefficient (Wildman–Crippen LogP) is 2.52. The fraction of sp³-hybridized carbons (Fsp3) is 0.419. The van der Waals surface area contributed by atoms with Crippen LogP contribution in [-0.2, 0) is 35.9 Å². The van der Waals surface area contributed by atoms with E-state index >= 15 is 0 Å². The molecule has 0 atom stereocenters. The Hall–Kier alpha value is -4.42. The Morgan fingerprint density at radius 3 is 1.67 bits per heavy atom. The normalized spacial score (nSPS) is 14.5. The van der Waals surface area contributed by atoms with Crippen LogP contribution in [0.5, 0.6) is 23.5 Å². The standard InChI is InChI=1S/C31H38N6O6/c1-21-26(17-40-28-9-7-24-15-36(13-11-32-22(2)38)19-42-30(24)34-28)5-4-6-27(21)18-41-29-10-8-25-16-37(14-12-33-23(3)39)20-43-31(25)35-29/h4-10H,11-20H2,1-3H3,(H,32,38)(H,33,39). The van der Waals surface area contributed by atoms with E-state index in [0.717, 1.165) is 27.8 Å². The number of amides is 2. The second-order valence-electron chi connectivity index (χ2n) is 10.6. The highest BCUT2D eigenvalue weighted by molar-refractivity contribution is 5.73. The summed E-state index contributed by atoms with van der Waals surface area (Å²) in [7, 11) is 0. The van der Waals surface area contributed by atoms with Crippen molar-refractivity contribution in [2.75, 3.05) is 39.6 Å². The van der Waals surface area contributed by atoms with Gasteiger partial charge in [-0.05, 0) is 35.7 Å². The Labute approximate surface area is 251 Å². The first-order chi connectivity index (χ1) is 20.8. The highest BCUT2D eigenvalue weighted by atomic mass is 16.5. The number of ether oxygens (including phenoxy) is 4. The van der Waals surface area contributed by atoms with Crippen LogP contribution >= 0.6 is 0 Å². The third-order valence-electron chi connectivity index (χ3n) is 7.30. The van der Waals surface area contributed by atoms with Crippen LogP contribution in [0.2, 0.25) is 0 Å². The Bertz CT molecular complexity index is 1350. The van der Waals surface area contributed by atoms with Crippen LogP contribution in [-0.4, -0.2) is 71.2 Å². The van der Waals surface area contributed by atoms with Gasteiger partial charge in [0.2, 0.25) is 35.3 Å². The van der Waals surface area contributed by atoms with Crippen molar-refractivity contribution in [1.29, 1.82) is 0 Å². The molecule has 1 aromatic carbocycles. The highest BCUT2D eigenvalue weighted by Crippen LogP contribution is 2.28. The maximum atomic E-state index is 11.1. The largest absolute Gasteiger partial charge is 0.473 e. The topological polar surface area (TPSA) is 127 Å². The van der Waals surface area contributed by atoms with Gasteiger partial charge in [0, 0.05) is 76.4 Å². The van der Waals surface area contributed by atoms with Crippen LogP contribution in [0.4, 0.5) is 0 Å². The van der Waals surface area contributed by atoms with Crippen molar-refractivity contribution in [3.05, 3.63) is 70.3 Å². The molecular weight excluding hydrogens is 552 g/mol. The second kappa shape index (κ2) is 14.2. The monoisotopic (exact) mass is 590 g/mol. The van der Waals surface area contributed by atoms with Gasteiger partial charge >= 0.3 is 0 Å². The van der Waals surface area contributed by atoms with Crippen molar-refractivity contribution in [1.82, 2.24) is 30.4 Å². The third-order valence-corrected chi connectivity index (χ3v) is 7.30. The van der Waals surface area contributed by atoms with E-state index in [1.54, 1.807) is 0 Å². The van der Waals surface area contributed by atoms with Crippen LogP contribution in [0.25, 0.3) is 0 Å². The molecule has 3 aromatic rings. The van der Waals surface area contributed by atoms with Crippen molar-refractivity contribution in [3.63, 3.8) is 0 Å². The summed E-state index contributed by atoms with van der Waals surface area (Å²) in [6, 6.07) is 13.7. The highest BCUT2D eigenvalue weighted by Gasteiger charge is 2.21. The van der Waals surface area contributed by atoms with E-state index in [9.17, 15) is 9.59 Å². The molecule has 2 aliphatic heterocycles. The van der Waals surface area contributed by atoms with Gasteiger partial charge in [0.1, 0.15) is 26.7 Å². The van der Waals surface area contributed by atoms with Crippen molar-refractivity contribution in [2.24, 2.45) is 0 Å². The molecule has 0 spiro atoms. The van der Waals surface area contributed by atoms with Gasteiger partial charge in [-0.3, -0.25) is 19.4 Å². The molecule has 0 unspecified atom stereocenters. The summed E-state index contributed by atoms with van der Waals surface area (Å²) >= 11 is 0. The number of carbonyl (C=O) groups is 2. The minimum absolute atomic E-state index is 0.0398. The van der Waals surface area contributed by atoms with Crippen LogP contribution in [0.3, 0.4) is 0 Å². The fourth-order valence-electron chi connectivity index (χ4n) is 4.85. The van der Waals surface area contributed by atoms with Gasteiger partial charge in [0.25, 0.3) is 0 Å². The Morgan fingerprint density at radius 1 is 0.767 bits per heavy atom. The number of fused-ring (bicyclic) bond motifs is 2. The van der Waals surface area contributed by atoms with Gasteiger partial charge in [0.05, 0.1) is 0 Å². The van der Waals surface area contributed by atoms with Gasteiger partial charge in [-0.1, -0.05) is 18.2 Å². The number of rotatable bonds is 12. The average Bonchev–Trinajstić information content (AvgIpc) is 2.99. The van der Waals surface area contributed by atoms with Gasteiger partial charge in [-0.2, -0.15) is 9.97 Å². The first-order valence-electron chi connectivity index (χ1n) is 14.4. The van der Waals surface area contributed by atoms with Gasteiger partial charge < -0.3 is 29.6 Å². The van der Waals surface area contributed by atoms with E-state index in [-0.39, 0.29) is 11.8 Å². The predicted molar refractivity (Wildman–Crippen MR) is 157 cm³/mol. The van der Waals surface area contributed by atoms with Crippen LogP contribution in [0, 0.1) is 6.92 Å². The Balaban J connectivity index is 1.12. The van der Waals surface area contributed by atoms with E-state index in [2.05, 4.69) is 37.3 Å². The Morgan fingerprint density at radius 2 is 1.23 bits per heavy atom. The molecule has 2 aromatic heterocycles. The molecule has 0 aliphatic carbocycles. The SMILES string of the molecule is CC(=O)NCCN1COc2nc(OCc3cccc(COc4ccc5c(n4)OCN(CCNC(C)=O)C5)c3C)ccc2C1. The lowest BCUT2D eigenvalue weighted by molar-refractivity contribution is -0.119. The lowest BCUT2D eigenvalue weighted by atomic mass is 10.0. The van der Waals surface area contributed by atoms with Crippen molar-refractivity contribution < 1.29 is 28.5 Å². The first-order valence-corrected chi connectivity index (χ1v) is 14.4. The molecule has 5 rings (SSSR count). The summed E-state index contributed by atoms with van der Waals surface area (Å²) in [6.07, 6.45) is 0. The van der Waals surface area contributed by atoms with Crippen molar-refractivity contribution in [3.8, 4) is 23.5 Å². The first kappa shape index (κ1) is 30.1. The van der Waals surface area contributed by atoms with Crippen LogP contribution in [0.15, 0.2) is 42.5 Å². The average molecular weight is 591 g/mol. The molecule has 0 saturated heterocycles. The molecular formula is C31H38N6O6. The quantitative estimate of drug-likeness (QED) is 0.325. The molecule has 12 nitrogen and oxygen atoms in total. The number of benzene rings is 1. The third kappa shape index (κ3) is 8.33. The molecule has 12 heteroatoms. The minimum Gasteiger partial charge on any atom is -0.473 e. The molecule has 4 heterocycles. The van der Waals surface area contributed by atoms with Crippen molar-refractivity contribution in [2.45, 2.75) is 47.1 Å². The fourth-order valence-corrected chi connectivity index (χ4v) is 4.85. The lowest BCUT2D eigenvalue weighted by Crippen LogP contribution is -2.38. The summed E-state index contributed by atoms with van der Waals surface area (Å²) in [5.41, 5.74) is 5.11. The summed E-state index contributed by atoms with van der Waals surface area (Å²) < 4.78 is 23.8. The molecule has 0 radical (unpaired) electrons. The number of hydrogen-bond donors (Lipinski definition) is 2. The Kier molecular flexibility index (Phi) is 9.90. The van der Waals surface area contributed by atoms with E-state index in [0.29, 0.717) is 89.5 Å². The van der Waals surface area contributed by atoms with Gasteiger partial charge in [-0.25, -0.2) is 0 Å². The number of nitrogens with zero attached hydrogens (tertiary/aromatic N) is 4. The molecule has 0 bridgehead atoms. The number of hydrogen-bond acceptors (Lipinski definition) is 10. The molecule has 228 valence electrons. The maximum Gasteiger partial charge on any atom is 0.222 e. The summed E-state index contributed by atoms with van der Waals surface area (Å²) in [5.74, 6) is 2.07. The van der Waals surface area contributed by atoms with E-state index in [1.807, 2.05) is 42.5 Å². The van der Waals surface area contributed by atoms with Gasteiger partial charge in [-0.15, -0.1) is 0 Å². The molecule has 0 fully saturated rings. The zero-order valence-corrected chi connectivity index (χ0v) is 24.9. The van der Waals surface area contributed by atoms with Crippen molar-refractivity contribution >= 4 is 11.8 Å². The smallest absolute Gasteiger partial charge is 0.222 e. The number of nitrogens with one attached hydrogen (secondary N) is 2. The van der Waals surface area contributed by atoms with E-state index < -0.39 is 0 Å². The minimum atomic E-state index is -0.0398. The van der Waals surface area contributed by atoms with E-state index in [1.165, 1.54) is 13.8 Å². The van der Waals surface area contributed by atoms with E-state index in [4.69, 9.17) is 18.9 Å². The zero-order valence-electron chi connectivity index (χ0n) is 24.9. The number of carbonyl (C=O) groups excluding carboxylic acids is 2. The lowest BCUT2D eigenvalue weighted by Gasteiger charge is -2.28. The number of pyridine rings is 2. The maximum absolute atomic E-state index is 11.1. The zero-order chi connectivity index (χ0) is 30.2. The number of aromatic nitrogens is 2. The van der Waals surface area contributed by atoms with Crippen LogP contribution < -0.4 is 29.6 Å². The molecule has 2 N–H and O–H groups in total. The molecule has 2 amide bonds. The van der Waals surface area contributed by atoms with Crippen LogP contribution in [0.1, 0.15) is 41.7 Å². The molecule has 0 saturated carbocycles. The molecule has 2 aliphatic rings.